The summed E-state index contributed by atoms with van der Waals surface area (Å²) in [6.45, 7) is 3.83. The highest BCUT2D eigenvalue weighted by Crippen LogP contribution is 2.17. The lowest BCUT2D eigenvalue weighted by molar-refractivity contribution is 0.0526. The van der Waals surface area contributed by atoms with Crippen molar-refractivity contribution in [2.24, 2.45) is 0 Å². The van der Waals surface area contributed by atoms with Gasteiger partial charge in [0.1, 0.15) is 6.07 Å². The summed E-state index contributed by atoms with van der Waals surface area (Å²) in [5, 5.41) is 8.99. The highest BCUT2D eigenvalue weighted by Gasteiger charge is 2.17. The van der Waals surface area contributed by atoms with Gasteiger partial charge in [-0.25, -0.2) is 4.79 Å². The van der Waals surface area contributed by atoms with E-state index < -0.39 is 5.97 Å². The number of carbonyl (C=O) groups excluding carboxylic acids is 2. The molecule has 0 aromatic heterocycles. The molecule has 4 nitrogen and oxygen atoms in total. The fraction of sp³-hybridized carbons (Fsp3) is 0.308. The normalized spacial score (nSPS) is 9.47. The second-order valence-electron chi connectivity index (χ2n) is 3.41. The average Bonchev–Trinajstić information content (AvgIpc) is 2.37. The molecule has 0 saturated carbocycles. The molecule has 0 heterocycles. The first-order valence-electron chi connectivity index (χ1n) is 5.37. The summed E-state index contributed by atoms with van der Waals surface area (Å²) in [6, 6.07) is 5.09. The molecule has 0 aliphatic carbocycles. The van der Waals surface area contributed by atoms with Crippen molar-refractivity contribution in [3.05, 3.63) is 34.4 Å². The maximum atomic E-state index is 11.7. The van der Waals surface area contributed by atoms with Gasteiger partial charge in [0, 0.05) is 5.56 Å². The number of benzene rings is 1. The first-order valence-corrected chi connectivity index (χ1v) is 5.37. The van der Waals surface area contributed by atoms with Gasteiger partial charge in [-0.15, -0.1) is 0 Å². The maximum Gasteiger partial charge on any atom is 0.339 e. The monoisotopic (exact) mass is 231 g/mol. The van der Waals surface area contributed by atoms with E-state index in [4.69, 9.17) is 10.00 Å². The number of aldehydes is 1. The van der Waals surface area contributed by atoms with E-state index in [1.165, 1.54) is 0 Å². The number of carbonyl (C=O) groups is 2. The van der Waals surface area contributed by atoms with E-state index in [0.29, 0.717) is 12.7 Å². The summed E-state index contributed by atoms with van der Waals surface area (Å²) < 4.78 is 4.86. The number of esters is 1. The molecule has 0 amide bonds. The van der Waals surface area contributed by atoms with Crippen LogP contribution >= 0.6 is 0 Å². The summed E-state index contributed by atoms with van der Waals surface area (Å²) >= 11 is 0. The third-order valence-electron chi connectivity index (χ3n) is 2.37. The SMILES string of the molecule is CCOC(=O)c1cc(CC)cc(C=O)c1C#N. The van der Waals surface area contributed by atoms with Gasteiger partial charge in [-0.2, -0.15) is 5.26 Å². The molecule has 0 bridgehead atoms. The van der Waals surface area contributed by atoms with Crippen LogP contribution < -0.4 is 0 Å². The van der Waals surface area contributed by atoms with Crippen molar-refractivity contribution in [2.45, 2.75) is 20.3 Å². The Morgan fingerprint density at radius 1 is 1.47 bits per heavy atom. The third-order valence-corrected chi connectivity index (χ3v) is 2.37. The first-order chi connectivity index (χ1) is 8.17. The number of rotatable bonds is 4. The van der Waals surface area contributed by atoms with Crippen molar-refractivity contribution in [3.63, 3.8) is 0 Å². The van der Waals surface area contributed by atoms with Crippen LogP contribution in [0.5, 0.6) is 0 Å². The molecule has 0 unspecified atom stereocenters. The minimum atomic E-state index is -0.567. The van der Waals surface area contributed by atoms with E-state index in [0.717, 1.165) is 5.56 Å². The van der Waals surface area contributed by atoms with Crippen molar-refractivity contribution >= 4 is 12.3 Å². The van der Waals surface area contributed by atoms with E-state index in [-0.39, 0.29) is 23.3 Å². The van der Waals surface area contributed by atoms with E-state index in [2.05, 4.69) is 0 Å². The molecule has 0 atom stereocenters. The Hall–Kier alpha value is -2.15. The third kappa shape index (κ3) is 2.70. The first kappa shape index (κ1) is 12.9. The van der Waals surface area contributed by atoms with Crippen molar-refractivity contribution < 1.29 is 14.3 Å². The van der Waals surface area contributed by atoms with Crippen LogP contribution in [0.15, 0.2) is 12.1 Å². The lowest BCUT2D eigenvalue weighted by Crippen LogP contribution is -2.09. The predicted molar refractivity (Wildman–Crippen MR) is 61.9 cm³/mol. The molecule has 1 aromatic carbocycles. The molecule has 0 fully saturated rings. The number of hydrogen-bond acceptors (Lipinski definition) is 4. The largest absolute Gasteiger partial charge is 0.462 e. The molecular weight excluding hydrogens is 218 g/mol. The van der Waals surface area contributed by atoms with Gasteiger partial charge in [0.2, 0.25) is 0 Å². The van der Waals surface area contributed by atoms with E-state index >= 15 is 0 Å². The van der Waals surface area contributed by atoms with E-state index in [1.54, 1.807) is 19.1 Å². The number of nitriles is 1. The number of hydrogen-bond donors (Lipinski definition) is 0. The molecule has 88 valence electrons. The molecule has 0 saturated heterocycles. The number of aryl methyl sites for hydroxylation is 1. The highest BCUT2D eigenvalue weighted by molar-refractivity contribution is 5.96. The Balaban J connectivity index is 3.40. The van der Waals surface area contributed by atoms with Gasteiger partial charge >= 0.3 is 5.97 Å². The van der Waals surface area contributed by atoms with Gasteiger partial charge < -0.3 is 4.74 Å². The molecule has 0 radical (unpaired) electrons. The highest BCUT2D eigenvalue weighted by atomic mass is 16.5. The average molecular weight is 231 g/mol. The minimum Gasteiger partial charge on any atom is -0.462 e. The Labute approximate surface area is 99.8 Å². The lowest BCUT2D eigenvalue weighted by Gasteiger charge is -2.08. The smallest absolute Gasteiger partial charge is 0.339 e. The zero-order valence-corrected chi connectivity index (χ0v) is 9.82. The Morgan fingerprint density at radius 3 is 2.65 bits per heavy atom. The minimum absolute atomic E-state index is 0.0793. The molecular formula is C13H13NO3. The summed E-state index contributed by atoms with van der Waals surface area (Å²) in [5.41, 5.74) is 1.30. The second kappa shape index (κ2) is 5.80. The van der Waals surface area contributed by atoms with E-state index in [9.17, 15) is 9.59 Å². The van der Waals surface area contributed by atoms with Crippen LogP contribution in [0, 0.1) is 11.3 Å². The fourth-order valence-electron chi connectivity index (χ4n) is 1.52. The van der Waals surface area contributed by atoms with Gasteiger partial charge in [0.15, 0.2) is 6.29 Å². The quantitative estimate of drug-likeness (QED) is 0.588. The van der Waals surface area contributed by atoms with Crippen LogP contribution in [0.25, 0.3) is 0 Å². The van der Waals surface area contributed by atoms with Gasteiger partial charge in [0.05, 0.1) is 17.7 Å². The molecule has 0 aliphatic heterocycles. The van der Waals surface area contributed by atoms with E-state index in [1.807, 2.05) is 13.0 Å². The van der Waals surface area contributed by atoms with Gasteiger partial charge in [-0.1, -0.05) is 6.92 Å². The second-order valence-corrected chi connectivity index (χ2v) is 3.41. The summed E-state index contributed by atoms with van der Waals surface area (Å²) in [7, 11) is 0. The van der Waals surface area contributed by atoms with Crippen LogP contribution in [0.1, 0.15) is 45.7 Å². The molecule has 4 heteroatoms. The Morgan fingerprint density at radius 2 is 2.18 bits per heavy atom. The van der Waals surface area contributed by atoms with Crippen molar-refractivity contribution in [3.8, 4) is 6.07 Å². The van der Waals surface area contributed by atoms with Crippen LogP contribution in [0.4, 0.5) is 0 Å². The Bertz CT molecular complexity index is 486. The number of ether oxygens (including phenoxy) is 1. The molecule has 1 aromatic rings. The Kier molecular flexibility index (Phi) is 4.41. The van der Waals surface area contributed by atoms with Crippen LogP contribution in [-0.4, -0.2) is 18.9 Å². The van der Waals surface area contributed by atoms with Gasteiger partial charge in [-0.05, 0) is 31.0 Å². The molecule has 1 rings (SSSR count). The van der Waals surface area contributed by atoms with Gasteiger partial charge in [0.25, 0.3) is 0 Å². The lowest BCUT2D eigenvalue weighted by atomic mass is 9.98. The molecule has 0 spiro atoms. The van der Waals surface area contributed by atoms with Gasteiger partial charge in [-0.3, -0.25) is 4.79 Å². The maximum absolute atomic E-state index is 11.7. The standard InChI is InChI=1S/C13H13NO3/c1-3-9-5-10(8-15)12(7-14)11(6-9)13(16)17-4-2/h5-6,8H,3-4H2,1-2H3. The summed E-state index contributed by atoms with van der Waals surface area (Å²) in [6.07, 6.45) is 1.26. The van der Waals surface area contributed by atoms with Crippen molar-refractivity contribution in [1.29, 1.82) is 5.26 Å². The van der Waals surface area contributed by atoms with Crippen LogP contribution in [0.2, 0.25) is 0 Å². The zero-order valence-electron chi connectivity index (χ0n) is 9.82. The predicted octanol–water partition coefficient (Wildman–Crippen LogP) is 2.11. The van der Waals surface area contributed by atoms with Crippen molar-refractivity contribution in [1.82, 2.24) is 0 Å². The summed E-state index contributed by atoms with van der Waals surface area (Å²) in [5.74, 6) is -0.567. The zero-order chi connectivity index (χ0) is 12.8. The molecule has 17 heavy (non-hydrogen) atoms. The van der Waals surface area contributed by atoms with Crippen molar-refractivity contribution in [2.75, 3.05) is 6.61 Å². The topological polar surface area (TPSA) is 67.2 Å². The fourth-order valence-corrected chi connectivity index (χ4v) is 1.52. The molecule has 0 N–H and O–H groups in total. The van der Waals surface area contributed by atoms with Crippen LogP contribution in [0.3, 0.4) is 0 Å². The molecule has 0 aliphatic rings. The summed E-state index contributed by atoms with van der Waals surface area (Å²) in [4.78, 5) is 22.6. The van der Waals surface area contributed by atoms with Crippen LogP contribution in [-0.2, 0) is 11.2 Å². The number of nitrogens with zero attached hydrogens (tertiary/aromatic N) is 1.